The molecule has 1 nitrogen and oxygen atoms in total. The lowest BCUT2D eigenvalue weighted by Gasteiger charge is -2.04. The summed E-state index contributed by atoms with van der Waals surface area (Å²) in [6.07, 6.45) is 2.37. The van der Waals surface area contributed by atoms with E-state index in [0.29, 0.717) is 5.75 Å². The van der Waals surface area contributed by atoms with E-state index in [1.54, 1.807) is 11.8 Å². The van der Waals surface area contributed by atoms with E-state index in [1.165, 1.54) is 18.4 Å². The maximum atomic E-state index is 12.0. The minimum atomic E-state index is 0.228. The number of carbonyl (C=O) groups excluding carboxylic acids is 1. The SMILES string of the molecule is CCCCSCC(=O)c1ccc(-c2ccccc2)cc1. The third kappa shape index (κ3) is 4.24. The lowest BCUT2D eigenvalue weighted by atomic mass is 10.0. The van der Waals surface area contributed by atoms with Gasteiger partial charge in [0.05, 0.1) is 5.75 Å². The number of rotatable bonds is 7. The van der Waals surface area contributed by atoms with Crippen LogP contribution in [0.15, 0.2) is 54.6 Å². The highest BCUT2D eigenvalue weighted by molar-refractivity contribution is 7.99. The van der Waals surface area contributed by atoms with E-state index in [2.05, 4.69) is 19.1 Å². The summed E-state index contributed by atoms with van der Waals surface area (Å²) in [5.74, 6) is 1.89. The van der Waals surface area contributed by atoms with Crippen LogP contribution in [-0.2, 0) is 0 Å². The summed E-state index contributed by atoms with van der Waals surface area (Å²) in [6.45, 7) is 2.17. The second kappa shape index (κ2) is 7.91. The Labute approximate surface area is 125 Å². The molecule has 0 aromatic heterocycles. The van der Waals surface area contributed by atoms with Crippen molar-refractivity contribution in [2.24, 2.45) is 0 Å². The number of hydrogen-bond acceptors (Lipinski definition) is 2. The Bertz CT molecular complexity index is 531. The van der Waals surface area contributed by atoms with E-state index in [9.17, 15) is 4.79 Å². The van der Waals surface area contributed by atoms with Crippen molar-refractivity contribution < 1.29 is 4.79 Å². The number of ketones is 1. The Kier molecular flexibility index (Phi) is 5.87. The molecule has 0 aliphatic rings. The number of carbonyl (C=O) groups is 1. The zero-order chi connectivity index (χ0) is 14.2. The molecule has 0 saturated heterocycles. The fourth-order valence-corrected chi connectivity index (χ4v) is 2.96. The Morgan fingerprint density at radius 2 is 1.60 bits per heavy atom. The third-order valence-electron chi connectivity index (χ3n) is 3.19. The maximum Gasteiger partial charge on any atom is 0.172 e. The molecule has 2 aromatic carbocycles. The second-order valence-electron chi connectivity index (χ2n) is 4.77. The van der Waals surface area contributed by atoms with Crippen molar-refractivity contribution in [3.63, 3.8) is 0 Å². The molecule has 0 heterocycles. The quantitative estimate of drug-likeness (QED) is 0.521. The Hall–Kier alpha value is -1.54. The van der Waals surface area contributed by atoms with Gasteiger partial charge in [0.25, 0.3) is 0 Å². The Morgan fingerprint density at radius 3 is 2.25 bits per heavy atom. The lowest BCUT2D eigenvalue weighted by molar-refractivity contribution is 0.102. The van der Waals surface area contributed by atoms with Gasteiger partial charge in [0.15, 0.2) is 5.78 Å². The van der Waals surface area contributed by atoms with Crippen LogP contribution in [0.4, 0.5) is 0 Å². The minimum Gasteiger partial charge on any atom is -0.293 e. The van der Waals surface area contributed by atoms with Gasteiger partial charge in [-0.3, -0.25) is 4.79 Å². The van der Waals surface area contributed by atoms with Gasteiger partial charge in [0.2, 0.25) is 0 Å². The van der Waals surface area contributed by atoms with Gasteiger partial charge >= 0.3 is 0 Å². The van der Waals surface area contributed by atoms with Crippen LogP contribution in [0.5, 0.6) is 0 Å². The molecule has 0 radical (unpaired) electrons. The summed E-state index contributed by atoms with van der Waals surface area (Å²) < 4.78 is 0. The molecule has 0 fully saturated rings. The normalized spacial score (nSPS) is 10.4. The van der Waals surface area contributed by atoms with Crippen LogP contribution < -0.4 is 0 Å². The predicted octanol–water partition coefficient (Wildman–Crippen LogP) is 5.07. The molecule has 0 amide bonds. The van der Waals surface area contributed by atoms with Crippen LogP contribution in [0.3, 0.4) is 0 Å². The zero-order valence-corrected chi connectivity index (χ0v) is 12.7. The largest absolute Gasteiger partial charge is 0.293 e. The van der Waals surface area contributed by atoms with Crippen LogP contribution in [0.1, 0.15) is 30.1 Å². The standard InChI is InChI=1S/C18H20OS/c1-2-3-13-20-14-18(19)17-11-9-16(10-12-17)15-7-5-4-6-8-15/h4-12H,2-3,13-14H2,1H3. The summed E-state index contributed by atoms with van der Waals surface area (Å²) in [4.78, 5) is 12.0. The van der Waals surface area contributed by atoms with Crippen molar-refractivity contribution in [2.45, 2.75) is 19.8 Å². The average Bonchev–Trinajstić information content (AvgIpc) is 2.52. The number of hydrogen-bond donors (Lipinski definition) is 0. The van der Waals surface area contributed by atoms with Gasteiger partial charge in [-0.15, -0.1) is 0 Å². The molecule has 2 aromatic rings. The Morgan fingerprint density at radius 1 is 0.950 bits per heavy atom. The van der Waals surface area contributed by atoms with E-state index < -0.39 is 0 Å². The molecule has 2 rings (SSSR count). The molecule has 0 aliphatic carbocycles. The Balaban J connectivity index is 1.96. The molecule has 0 spiro atoms. The van der Waals surface area contributed by atoms with E-state index in [0.717, 1.165) is 16.9 Å². The average molecular weight is 284 g/mol. The maximum absolute atomic E-state index is 12.0. The molecule has 104 valence electrons. The molecule has 2 heteroatoms. The number of benzene rings is 2. The fraction of sp³-hybridized carbons (Fsp3) is 0.278. The van der Waals surface area contributed by atoms with Crippen LogP contribution >= 0.6 is 11.8 Å². The van der Waals surface area contributed by atoms with Gasteiger partial charge in [-0.05, 0) is 23.3 Å². The first-order valence-corrected chi connectivity index (χ1v) is 8.23. The van der Waals surface area contributed by atoms with Crippen LogP contribution in [-0.4, -0.2) is 17.3 Å². The first kappa shape index (κ1) is 14.9. The predicted molar refractivity (Wildman–Crippen MR) is 88.4 cm³/mol. The highest BCUT2D eigenvalue weighted by Crippen LogP contribution is 2.20. The summed E-state index contributed by atoms with van der Waals surface area (Å²) in [5, 5.41) is 0. The monoisotopic (exact) mass is 284 g/mol. The summed E-state index contributed by atoms with van der Waals surface area (Å²) in [7, 11) is 0. The van der Waals surface area contributed by atoms with Crippen molar-refractivity contribution in [1.82, 2.24) is 0 Å². The highest BCUT2D eigenvalue weighted by Gasteiger charge is 2.06. The van der Waals surface area contributed by atoms with Gasteiger partial charge in [0.1, 0.15) is 0 Å². The van der Waals surface area contributed by atoms with Crippen molar-refractivity contribution in [3.8, 4) is 11.1 Å². The van der Waals surface area contributed by atoms with Gasteiger partial charge in [-0.1, -0.05) is 67.9 Å². The molecule has 0 unspecified atom stereocenters. The number of unbranched alkanes of at least 4 members (excludes halogenated alkanes) is 1. The molecule has 0 aliphatic heterocycles. The van der Waals surface area contributed by atoms with Gasteiger partial charge < -0.3 is 0 Å². The molecule has 0 atom stereocenters. The zero-order valence-electron chi connectivity index (χ0n) is 11.8. The topological polar surface area (TPSA) is 17.1 Å². The summed E-state index contributed by atoms with van der Waals surface area (Å²) in [6, 6.07) is 18.1. The molecular formula is C18H20OS. The fourth-order valence-electron chi connectivity index (χ4n) is 1.97. The van der Waals surface area contributed by atoms with Gasteiger partial charge in [-0.2, -0.15) is 11.8 Å². The first-order chi connectivity index (χ1) is 9.81. The van der Waals surface area contributed by atoms with Crippen molar-refractivity contribution in [3.05, 3.63) is 60.2 Å². The lowest BCUT2D eigenvalue weighted by Crippen LogP contribution is -2.02. The highest BCUT2D eigenvalue weighted by atomic mass is 32.2. The molecular weight excluding hydrogens is 264 g/mol. The van der Waals surface area contributed by atoms with E-state index in [-0.39, 0.29) is 5.78 Å². The van der Waals surface area contributed by atoms with Crippen LogP contribution in [0.2, 0.25) is 0 Å². The van der Waals surface area contributed by atoms with Crippen LogP contribution in [0.25, 0.3) is 11.1 Å². The van der Waals surface area contributed by atoms with Crippen molar-refractivity contribution in [1.29, 1.82) is 0 Å². The van der Waals surface area contributed by atoms with Crippen LogP contribution in [0, 0.1) is 0 Å². The van der Waals surface area contributed by atoms with Crippen molar-refractivity contribution >= 4 is 17.5 Å². The molecule has 20 heavy (non-hydrogen) atoms. The molecule has 0 N–H and O–H groups in total. The second-order valence-corrected chi connectivity index (χ2v) is 5.88. The molecule has 0 bridgehead atoms. The third-order valence-corrected chi connectivity index (χ3v) is 4.23. The molecule has 0 saturated carbocycles. The van der Waals surface area contributed by atoms with E-state index in [1.807, 2.05) is 42.5 Å². The summed E-state index contributed by atoms with van der Waals surface area (Å²) >= 11 is 1.73. The number of thioether (sulfide) groups is 1. The van der Waals surface area contributed by atoms with E-state index in [4.69, 9.17) is 0 Å². The number of Topliss-reactive ketones (excluding diaryl/α,β-unsaturated/α-hetero) is 1. The van der Waals surface area contributed by atoms with E-state index >= 15 is 0 Å². The minimum absolute atomic E-state index is 0.228. The summed E-state index contributed by atoms with van der Waals surface area (Å²) in [5.41, 5.74) is 3.15. The smallest absolute Gasteiger partial charge is 0.172 e. The van der Waals surface area contributed by atoms with Crippen molar-refractivity contribution in [2.75, 3.05) is 11.5 Å². The van der Waals surface area contributed by atoms with Gasteiger partial charge in [0, 0.05) is 5.56 Å². The first-order valence-electron chi connectivity index (χ1n) is 7.07. The van der Waals surface area contributed by atoms with Gasteiger partial charge in [-0.25, -0.2) is 0 Å².